The number of nitrogens with zero attached hydrogens (tertiary/aromatic N) is 3. The highest BCUT2D eigenvalue weighted by molar-refractivity contribution is 7.14. The number of hydrogen-bond donors (Lipinski definition) is 1. The number of esters is 1. The predicted octanol–water partition coefficient (Wildman–Crippen LogP) is 3.16. The molecular weight excluding hydrogens is 379 g/mol. The number of aromatic nitrogens is 3. The summed E-state index contributed by atoms with van der Waals surface area (Å²) < 4.78 is 21.6. The van der Waals surface area contributed by atoms with Crippen LogP contribution in [0.5, 0.6) is 0 Å². The summed E-state index contributed by atoms with van der Waals surface area (Å²) in [4.78, 5) is 28.4. The van der Waals surface area contributed by atoms with Crippen LogP contribution in [0.4, 0.5) is 9.52 Å². The molecule has 1 amide bonds. The van der Waals surface area contributed by atoms with E-state index >= 15 is 0 Å². The highest BCUT2D eigenvalue weighted by Crippen LogP contribution is 2.25. The Labute approximate surface area is 156 Å². The molecule has 0 aliphatic heterocycles. The van der Waals surface area contributed by atoms with Gasteiger partial charge in [0.15, 0.2) is 16.6 Å². The average molecular weight is 392 g/mol. The Hall–Kier alpha value is -2.72. The number of ether oxygens (including phenoxy) is 1. The van der Waals surface area contributed by atoms with Crippen LogP contribution in [0.2, 0.25) is 0 Å². The third kappa shape index (κ3) is 4.27. The lowest BCUT2D eigenvalue weighted by molar-refractivity contribution is -0.119. The van der Waals surface area contributed by atoms with E-state index in [-0.39, 0.29) is 5.82 Å². The number of benzene rings is 1. The van der Waals surface area contributed by atoms with Gasteiger partial charge in [-0.2, -0.15) is 0 Å². The number of anilines is 1. The maximum Gasteiger partial charge on any atom is 0.352 e. The molecule has 3 rings (SSSR count). The molecule has 0 aliphatic rings. The minimum absolute atomic E-state index is 0.299. The van der Waals surface area contributed by atoms with Crippen LogP contribution in [-0.4, -0.2) is 33.1 Å². The lowest BCUT2D eigenvalue weighted by Gasteiger charge is -2.03. The van der Waals surface area contributed by atoms with Crippen molar-refractivity contribution in [1.29, 1.82) is 0 Å². The van der Waals surface area contributed by atoms with E-state index in [1.54, 1.807) is 17.5 Å². The lowest BCUT2D eigenvalue weighted by Crippen LogP contribution is -2.20. The molecule has 0 aliphatic carbocycles. The number of amides is 1. The van der Waals surface area contributed by atoms with Crippen molar-refractivity contribution in [2.24, 2.45) is 0 Å². The molecule has 2 heterocycles. The largest absolute Gasteiger partial charge is 0.451 e. The number of hydrogen-bond acceptors (Lipinski definition) is 8. The summed E-state index contributed by atoms with van der Waals surface area (Å²) >= 11 is 2.16. The minimum Gasteiger partial charge on any atom is -0.451 e. The molecule has 0 saturated heterocycles. The first-order valence-corrected chi connectivity index (χ1v) is 9.21. The van der Waals surface area contributed by atoms with E-state index in [1.165, 1.54) is 23.5 Å². The van der Waals surface area contributed by atoms with Gasteiger partial charge in [0.1, 0.15) is 5.82 Å². The number of rotatable bonds is 6. The molecule has 0 unspecified atom stereocenters. The first-order valence-electron chi connectivity index (χ1n) is 7.56. The molecule has 0 radical (unpaired) electrons. The van der Waals surface area contributed by atoms with Gasteiger partial charge in [0.2, 0.25) is 0 Å². The van der Waals surface area contributed by atoms with E-state index < -0.39 is 18.5 Å². The molecule has 3 aromatic rings. The zero-order chi connectivity index (χ0) is 18.5. The van der Waals surface area contributed by atoms with Crippen molar-refractivity contribution in [3.8, 4) is 11.3 Å². The van der Waals surface area contributed by atoms with E-state index in [1.807, 2.05) is 6.92 Å². The first kappa shape index (κ1) is 18.1. The highest BCUT2D eigenvalue weighted by Gasteiger charge is 2.18. The molecule has 10 heteroatoms. The van der Waals surface area contributed by atoms with Gasteiger partial charge < -0.3 is 4.74 Å². The molecule has 0 atom stereocenters. The van der Waals surface area contributed by atoms with E-state index in [4.69, 9.17) is 4.74 Å². The minimum atomic E-state index is -0.627. The Kier molecular flexibility index (Phi) is 5.64. The maximum atomic E-state index is 13.0. The monoisotopic (exact) mass is 392 g/mol. The van der Waals surface area contributed by atoms with Crippen LogP contribution in [0, 0.1) is 5.82 Å². The van der Waals surface area contributed by atoms with Gasteiger partial charge in [0.25, 0.3) is 5.91 Å². The molecule has 0 fully saturated rings. The Morgan fingerprint density at radius 3 is 2.77 bits per heavy atom. The van der Waals surface area contributed by atoms with Crippen LogP contribution in [0.15, 0.2) is 29.6 Å². The first-order chi connectivity index (χ1) is 12.6. The van der Waals surface area contributed by atoms with Gasteiger partial charge in [-0.25, -0.2) is 14.2 Å². The molecule has 0 saturated carbocycles. The number of carbonyl (C=O) groups is 2. The zero-order valence-electron chi connectivity index (χ0n) is 13.6. The quantitative estimate of drug-likeness (QED) is 0.648. The van der Waals surface area contributed by atoms with Crippen LogP contribution in [0.3, 0.4) is 0 Å². The lowest BCUT2D eigenvalue weighted by atomic mass is 10.2. The summed E-state index contributed by atoms with van der Waals surface area (Å²) in [7, 11) is 0. The summed E-state index contributed by atoms with van der Waals surface area (Å²) in [6, 6.07) is 5.88. The average Bonchev–Trinajstić information content (AvgIpc) is 3.29. The zero-order valence-corrected chi connectivity index (χ0v) is 15.2. The molecule has 2 aromatic heterocycles. The second-order valence-electron chi connectivity index (χ2n) is 5.07. The molecule has 1 N–H and O–H groups in total. The third-order valence-electron chi connectivity index (χ3n) is 3.30. The van der Waals surface area contributed by atoms with Gasteiger partial charge in [0.05, 0.1) is 11.4 Å². The van der Waals surface area contributed by atoms with Crippen LogP contribution >= 0.6 is 22.9 Å². The van der Waals surface area contributed by atoms with E-state index in [2.05, 4.69) is 19.9 Å². The summed E-state index contributed by atoms with van der Waals surface area (Å²) in [5.41, 5.74) is 1.90. The van der Waals surface area contributed by atoms with Crippen LogP contribution < -0.4 is 5.32 Å². The topological polar surface area (TPSA) is 94.1 Å². The van der Waals surface area contributed by atoms with Crippen LogP contribution in [-0.2, 0) is 16.0 Å². The maximum absolute atomic E-state index is 13.0. The van der Waals surface area contributed by atoms with Gasteiger partial charge in [-0.15, -0.1) is 16.4 Å². The van der Waals surface area contributed by atoms with Crippen LogP contribution in [0.1, 0.15) is 22.3 Å². The summed E-state index contributed by atoms with van der Waals surface area (Å²) in [6.45, 7) is 1.41. The molecule has 0 spiro atoms. The normalized spacial score (nSPS) is 10.5. The summed E-state index contributed by atoms with van der Waals surface area (Å²) in [6.07, 6.45) is 0.554. The molecule has 0 bridgehead atoms. The molecule has 1 aromatic carbocycles. The SMILES string of the molecule is CCc1nnsc1C(=O)OCC(=O)Nc1nc(-c2ccc(F)cc2)cs1. The van der Waals surface area contributed by atoms with Crippen molar-refractivity contribution in [2.75, 3.05) is 11.9 Å². The van der Waals surface area contributed by atoms with Gasteiger partial charge >= 0.3 is 5.97 Å². The van der Waals surface area contributed by atoms with Gasteiger partial charge in [-0.05, 0) is 42.2 Å². The van der Waals surface area contributed by atoms with Crippen molar-refractivity contribution in [3.05, 3.63) is 46.0 Å². The number of nitrogens with one attached hydrogen (secondary N) is 1. The van der Waals surface area contributed by atoms with Crippen LogP contribution in [0.25, 0.3) is 11.3 Å². The number of carbonyl (C=O) groups excluding carboxylic acids is 2. The highest BCUT2D eigenvalue weighted by atomic mass is 32.1. The Balaban J connectivity index is 1.55. The Morgan fingerprint density at radius 1 is 1.27 bits per heavy atom. The standard InChI is InChI=1S/C16H13FN4O3S2/c1-2-11-14(26-21-20-11)15(23)24-7-13(22)19-16-18-12(8-25-16)9-3-5-10(17)6-4-9/h3-6,8H,2,7H2,1H3,(H,18,19,22). The Bertz CT molecular complexity index is 924. The van der Waals surface area contributed by atoms with Crippen molar-refractivity contribution < 1.29 is 18.7 Å². The molecule has 7 nitrogen and oxygen atoms in total. The van der Waals surface area contributed by atoms with Gasteiger partial charge in [0, 0.05) is 10.9 Å². The van der Waals surface area contributed by atoms with E-state index in [0.29, 0.717) is 27.8 Å². The summed E-state index contributed by atoms with van der Waals surface area (Å²) in [5, 5.41) is 8.49. The van der Waals surface area contributed by atoms with Gasteiger partial charge in [-0.1, -0.05) is 11.4 Å². The van der Waals surface area contributed by atoms with Crippen molar-refractivity contribution in [3.63, 3.8) is 0 Å². The fourth-order valence-corrected chi connectivity index (χ4v) is 3.41. The van der Waals surface area contributed by atoms with Crippen molar-refractivity contribution in [1.82, 2.24) is 14.6 Å². The second-order valence-corrected chi connectivity index (χ2v) is 6.68. The Morgan fingerprint density at radius 2 is 2.04 bits per heavy atom. The fraction of sp³-hybridized carbons (Fsp3) is 0.188. The number of halogens is 1. The van der Waals surface area contributed by atoms with Crippen molar-refractivity contribution in [2.45, 2.75) is 13.3 Å². The number of aryl methyl sites for hydroxylation is 1. The fourth-order valence-electron chi connectivity index (χ4n) is 2.03. The molecular formula is C16H13FN4O3S2. The third-order valence-corrected chi connectivity index (χ3v) is 4.81. The van der Waals surface area contributed by atoms with Crippen molar-refractivity contribution >= 4 is 39.9 Å². The van der Waals surface area contributed by atoms with Gasteiger partial charge in [-0.3, -0.25) is 10.1 Å². The second kappa shape index (κ2) is 8.11. The number of thiazole rings is 1. The summed E-state index contributed by atoms with van der Waals surface area (Å²) in [5.74, 6) is -1.46. The van der Waals surface area contributed by atoms with E-state index in [9.17, 15) is 14.0 Å². The molecule has 26 heavy (non-hydrogen) atoms. The molecule has 134 valence electrons. The smallest absolute Gasteiger partial charge is 0.352 e. The van der Waals surface area contributed by atoms with E-state index in [0.717, 1.165) is 17.1 Å². The predicted molar refractivity (Wildman–Crippen MR) is 95.7 cm³/mol.